The first-order valence-electron chi connectivity index (χ1n) is 5.38. The lowest BCUT2D eigenvalue weighted by atomic mass is 10.1. The molecular formula is C12H14N4O. The number of nitrogens with one attached hydrogen (secondary N) is 1. The van der Waals surface area contributed by atoms with Crippen molar-refractivity contribution in [3.8, 4) is 0 Å². The summed E-state index contributed by atoms with van der Waals surface area (Å²) in [5, 5.41) is 6.83. The fraction of sp³-hybridized carbons (Fsp3) is 0.250. The molecule has 1 aromatic heterocycles. The van der Waals surface area contributed by atoms with Crippen molar-refractivity contribution in [3.63, 3.8) is 0 Å². The number of benzene rings is 1. The van der Waals surface area contributed by atoms with E-state index in [-0.39, 0.29) is 11.9 Å². The van der Waals surface area contributed by atoms with Crippen molar-refractivity contribution < 1.29 is 4.79 Å². The number of hydrogen-bond acceptors (Lipinski definition) is 3. The van der Waals surface area contributed by atoms with Gasteiger partial charge in [-0.25, -0.2) is 9.67 Å². The molecule has 1 unspecified atom stereocenters. The van der Waals surface area contributed by atoms with Crippen LogP contribution in [0.25, 0.3) is 0 Å². The quantitative estimate of drug-likeness (QED) is 0.875. The minimum Gasteiger partial charge on any atom is -0.326 e. The Morgan fingerprint density at radius 3 is 2.59 bits per heavy atom. The van der Waals surface area contributed by atoms with Crippen LogP contribution in [0.1, 0.15) is 25.5 Å². The van der Waals surface area contributed by atoms with Crippen molar-refractivity contribution in [2.75, 3.05) is 5.32 Å². The van der Waals surface area contributed by atoms with Crippen LogP contribution in [0.3, 0.4) is 0 Å². The van der Waals surface area contributed by atoms with Crippen LogP contribution in [0.5, 0.6) is 0 Å². The Morgan fingerprint density at radius 2 is 2.06 bits per heavy atom. The first-order valence-corrected chi connectivity index (χ1v) is 5.38. The first kappa shape index (κ1) is 11.3. The van der Waals surface area contributed by atoms with E-state index in [0.717, 1.165) is 11.3 Å². The fourth-order valence-corrected chi connectivity index (χ4v) is 1.62. The number of carbonyl (C=O) groups is 1. The lowest BCUT2D eigenvalue weighted by Gasteiger charge is -2.12. The lowest BCUT2D eigenvalue weighted by molar-refractivity contribution is -0.114. The Morgan fingerprint density at radius 1 is 1.35 bits per heavy atom. The molecule has 1 heterocycles. The van der Waals surface area contributed by atoms with E-state index in [2.05, 4.69) is 15.4 Å². The van der Waals surface area contributed by atoms with Gasteiger partial charge in [-0.1, -0.05) is 12.1 Å². The van der Waals surface area contributed by atoms with Crippen LogP contribution in [0.4, 0.5) is 5.69 Å². The Labute approximate surface area is 99.5 Å². The van der Waals surface area contributed by atoms with Gasteiger partial charge in [-0.05, 0) is 24.6 Å². The largest absolute Gasteiger partial charge is 0.326 e. The van der Waals surface area contributed by atoms with Gasteiger partial charge in [0.25, 0.3) is 0 Å². The number of nitrogens with zero attached hydrogens (tertiary/aromatic N) is 3. The molecule has 1 N–H and O–H groups in total. The summed E-state index contributed by atoms with van der Waals surface area (Å²) in [4.78, 5) is 14.8. The summed E-state index contributed by atoms with van der Waals surface area (Å²) < 4.78 is 1.79. The molecule has 0 aliphatic heterocycles. The number of anilines is 1. The van der Waals surface area contributed by atoms with E-state index in [1.54, 1.807) is 11.0 Å². The minimum atomic E-state index is -0.0675. The van der Waals surface area contributed by atoms with Crippen molar-refractivity contribution in [1.82, 2.24) is 14.8 Å². The number of hydrogen-bond donors (Lipinski definition) is 1. The molecule has 5 heteroatoms. The second-order valence-corrected chi connectivity index (χ2v) is 3.85. The summed E-state index contributed by atoms with van der Waals surface area (Å²) in [7, 11) is 0. The third-order valence-corrected chi connectivity index (χ3v) is 2.55. The summed E-state index contributed by atoms with van der Waals surface area (Å²) in [5.41, 5.74) is 1.91. The molecule has 1 aromatic carbocycles. The van der Waals surface area contributed by atoms with Crippen LogP contribution in [0.2, 0.25) is 0 Å². The number of amides is 1. The van der Waals surface area contributed by atoms with Crippen molar-refractivity contribution in [2.24, 2.45) is 0 Å². The Kier molecular flexibility index (Phi) is 3.18. The molecule has 1 amide bonds. The van der Waals surface area contributed by atoms with Crippen LogP contribution in [0, 0.1) is 0 Å². The summed E-state index contributed by atoms with van der Waals surface area (Å²) in [6, 6.07) is 7.83. The van der Waals surface area contributed by atoms with Crippen LogP contribution in [0.15, 0.2) is 36.9 Å². The molecule has 2 aromatic rings. The van der Waals surface area contributed by atoms with Gasteiger partial charge < -0.3 is 5.32 Å². The van der Waals surface area contributed by atoms with Gasteiger partial charge in [0, 0.05) is 12.6 Å². The van der Waals surface area contributed by atoms with E-state index in [4.69, 9.17) is 0 Å². The SMILES string of the molecule is CC(=O)Nc1ccc(C(C)n2cncn2)cc1. The Hall–Kier alpha value is -2.17. The fourth-order valence-electron chi connectivity index (χ4n) is 1.62. The molecular weight excluding hydrogens is 216 g/mol. The molecule has 0 radical (unpaired) electrons. The van der Waals surface area contributed by atoms with Gasteiger partial charge >= 0.3 is 0 Å². The average molecular weight is 230 g/mol. The second kappa shape index (κ2) is 4.78. The monoisotopic (exact) mass is 230 g/mol. The summed E-state index contributed by atoms with van der Waals surface area (Å²) in [6.45, 7) is 3.54. The third-order valence-electron chi connectivity index (χ3n) is 2.55. The summed E-state index contributed by atoms with van der Waals surface area (Å²) in [5.74, 6) is -0.0675. The zero-order chi connectivity index (χ0) is 12.3. The Balaban J connectivity index is 2.15. The molecule has 5 nitrogen and oxygen atoms in total. The number of carbonyl (C=O) groups excluding carboxylic acids is 1. The molecule has 88 valence electrons. The van der Waals surface area contributed by atoms with Gasteiger partial charge in [-0.15, -0.1) is 0 Å². The van der Waals surface area contributed by atoms with Crippen molar-refractivity contribution in [1.29, 1.82) is 0 Å². The maximum Gasteiger partial charge on any atom is 0.221 e. The normalized spacial score (nSPS) is 12.1. The van der Waals surface area contributed by atoms with Crippen LogP contribution < -0.4 is 5.32 Å². The van der Waals surface area contributed by atoms with Gasteiger partial charge in [0.15, 0.2) is 0 Å². The highest BCUT2D eigenvalue weighted by molar-refractivity contribution is 5.88. The van der Waals surface area contributed by atoms with E-state index < -0.39 is 0 Å². The maximum absolute atomic E-state index is 10.9. The molecule has 0 saturated carbocycles. The summed E-state index contributed by atoms with van der Waals surface area (Å²) in [6.07, 6.45) is 3.20. The maximum atomic E-state index is 10.9. The van der Waals surface area contributed by atoms with Gasteiger partial charge in [0.05, 0.1) is 6.04 Å². The molecule has 0 bridgehead atoms. The molecule has 17 heavy (non-hydrogen) atoms. The van der Waals surface area contributed by atoms with Gasteiger partial charge in [0.2, 0.25) is 5.91 Å². The van der Waals surface area contributed by atoms with Crippen molar-refractivity contribution in [3.05, 3.63) is 42.5 Å². The zero-order valence-electron chi connectivity index (χ0n) is 9.79. The van der Waals surface area contributed by atoms with Gasteiger partial charge in [0.1, 0.15) is 12.7 Å². The van der Waals surface area contributed by atoms with E-state index in [9.17, 15) is 4.79 Å². The standard InChI is InChI=1S/C12H14N4O/c1-9(16-8-13-7-14-16)11-3-5-12(6-4-11)15-10(2)17/h3-9H,1-2H3,(H,15,17). The van der Waals surface area contributed by atoms with E-state index in [0.29, 0.717) is 0 Å². The highest BCUT2D eigenvalue weighted by Crippen LogP contribution is 2.18. The lowest BCUT2D eigenvalue weighted by Crippen LogP contribution is -2.08. The van der Waals surface area contributed by atoms with E-state index in [1.807, 2.05) is 31.2 Å². The summed E-state index contributed by atoms with van der Waals surface area (Å²) >= 11 is 0. The topological polar surface area (TPSA) is 59.8 Å². The minimum absolute atomic E-state index is 0.0675. The van der Waals surface area contributed by atoms with Crippen molar-refractivity contribution >= 4 is 11.6 Å². The van der Waals surface area contributed by atoms with Gasteiger partial charge in [-0.3, -0.25) is 4.79 Å². The Bertz CT molecular complexity index is 490. The molecule has 0 spiro atoms. The third kappa shape index (κ3) is 2.69. The molecule has 0 saturated heterocycles. The van der Waals surface area contributed by atoms with Gasteiger partial charge in [-0.2, -0.15) is 5.10 Å². The van der Waals surface area contributed by atoms with E-state index >= 15 is 0 Å². The zero-order valence-corrected chi connectivity index (χ0v) is 9.79. The highest BCUT2D eigenvalue weighted by Gasteiger charge is 2.07. The number of aromatic nitrogens is 3. The predicted molar refractivity (Wildman–Crippen MR) is 64.6 cm³/mol. The molecule has 0 aliphatic rings. The molecule has 1 atom stereocenters. The molecule has 0 fully saturated rings. The highest BCUT2D eigenvalue weighted by atomic mass is 16.1. The average Bonchev–Trinajstić information content (AvgIpc) is 2.82. The molecule has 2 rings (SSSR count). The second-order valence-electron chi connectivity index (χ2n) is 3.85. The smallest absolute Gasteiger partial charge is 0.221 e. The van der Waals surface area contributed by atoms with Crippen LogP contribution in [-0.4, -0.2) is 20.7 Å². The first-order chi connectivity index (χ1) is 8.16. The van der Waals surface area contributed by atoms with E-state index in [1.165, 1.54) is 13.3 Å². The van der Waals surface area contributed by atoms with Crippen LogP contribution in [-0.2, 0) is 4.79 Å². The molecule has 0 aliphatic carbocycles. The van der Waals surface area contributed by atoms with Crippen molar-refractivity contribution in [2.45, 2.75) is 19.9 Å². The van der Waals surface area contributed by atoms with Crippen LogP contribution >= 0.6 is 0 Å². The number of rotatable bonds is 3. The predicted octanol–water partition coefficient (Wildman–Crippen LogP) is 1.85.